The average molecular weight is 379 g/mol. The molecule has 0 spiro atoms. The zero-order valence-corrected chi connectivity index (χ0v) is 14.4. The second kappa shape index (κ2) is 6.26. The number of sulfonamides is 1. The lowest BCUT2D eigenvalue weighted by Gasteiger charge is -2.11. The summed E-state index contributed by atoms with van der Waals surface area (Å²) in [5, 5.41) is 10.8. The number of fused-ring (bicyclic) bond motifs is 1. The van der Waals surface area contributed by atoms with Gasteiger partial charge in [0.1, 0.15) is 0 Å². The third-order valence-corrected chi connectivity index (χ3v) is 5.18. The van der Waals surface area contributed by atoms with Crippen LogP contribution in [0.15, 0.2) is 47.4 Å². The first-order chi connectivity index (χ1) is 11.8. The van der Waals surface area contributed by atoms with E-state index in [1.54, 1.807) is 24.3 Å². The summed E-state index contributed by atoms with van der Waals surface area (Å²) in [5.74, 6) is -0.147. The second-order valence-corrected chi connectivity index (χ2v) is 7.17. The van der Waals surface area contributed by atoms with Gasteiger partial charge in [-0.15, -0.1) is 0 Å². The first-order valence-electron chi connectivity index (χ1n) is 6.98. The van der Waals surface area contributed by atoms with Crippen LogP contribution >= 0.6 is 11.6 Å². The monoisotopic (exact) mass is 378 g/mol. The highest BCUT2D eigenvalue weighted by molar-refractivity contribution is 7.92. The third kappa shape index (κ3) is 3.37. The number of anilines is 1. The Kier molecular flexibility index (Phi) is 4.27. The summed E-state index contributed by atoms with van der Waals surface area (Å²) in [5.41, 5.74) is 0.993. The van der Waals surface area contributed by atoms with E-state index in [0.29, 0.717) is 16.6 Å². The zero-order valence-electron chi connectivity index (χ0n) is 12.8. The fourth-order valence-corrected chi connectivity index (χ4v) is 3.73. The SMILES string of the molecule is Cc1ccc([N+](=O)[O-])cc1S(=O)(=O)Nc1nc2ccccc2nc1Cl. The molecule has 0 aliphatic heterocycles. The first kappa shape index (κ1) is 17.1. The number of nitro benzene ring substituents is 1. The van der Waals surface area contributed by atoms with Crippen LogP contribution in [-0.4, -0.2) is 23.3 Å². The van der Waals surface area contributed by atoms with E-state index in [4.69, 9.17) is 11.6 Å². The minimum Gasteiger partial charge on any atom is -0.261 e. The highest BCUT2D eigenvalue weighted by Crippen LogP contribution is 2.27. The minimum atomic E-state index is -4.13. The molecule has 0 fully saturated rings. The molecular formula is C15H11ClN4O4S. The van der Waals surface area contributed by atoms with Crippen molar-refractivity contribution in [2.45, 2.75) is 11.8 Å². The highest BCUT2D eigenvalue weighted by Gasteiger charge is 2.22. The maximum Gasteiger partial charge on any atom is 0.270 e. The molecular weight excluding hydrogens is 368 g/mol. The number of hydrogen-bond acceptors (Lipinski definition) is 6. The van der Waals surface area contributed by atoms with Crippen LogP contribution in [0, 0.1) is 17.0 Å². The van der Waals surface area contributed by atoms with Crippen LogP contribution in [0.5, 0.6) is 0 Å². The predicted molar refractivity (Wildman–Crippen MR) is 93.2 cm³/mol. The topological polar surface area (TPSA) is 115 Å². The third-order valence-electron chi connectivity index (χ3n) is 3.43. The van der Waals surface area contributed by atoms with Crippen molar-refractivity contribution in [2.24, 2.45) is 0 Å². The van der Waals surface area contributed by atoms with Gasteiger partial charge >= 0.3 is 0 Å². The first-order valence-corrected chi connectivity index (χ1v) is 8.84. The summed E-state index contributed by atoms with van der Waals surface area (Å²) in [6, 6.07) is 10.4. The molecule has 1 aromatic heterocycles. The van der Waals surface area contributed by atoms with Crippen LogP contribution in [0.25, 0.3) is 11.0 Å². The van der Waals surface area contributed by atoms with Crippen LogP contribution in [0.2, 0.25) is 5.15 Å². The fourth-order valence-electron chi connectivity index (χ4n) is 2.22. The van der Waals surface area contributed by atoms with Crippen LogP contribution in [0.1, 0.15) is 5.56 Å². The number of nitrogens with one attached hydrogen (secondary N) is 1. The van der Waals surface area contributed by atoms with Gasteiger partial charge in [0.2, 0.25) is 0 Å². The number of para-hydroxylation sites is 2. The normalized spacial score (nSPS) is 11.4. The van der Waals surface area contributed by atoms with Crippen LogP contribution in [0.3, 0.4) is 0 Å². The van der Waals surface area contributed by atoms with Crippen LogP contribution in [0.4, 0.5) is 11.5 Å². The lowest BCUT2D eigenvalue weighted by atomic mass is 10.2. The summed E-state index contributed by atoms with van der Waals surface area (Å²) in [6.45, 7) is 1.53. The molecule has 1 N–H and O–H groups in total. The van der Waals surface area contributed by atoms with E-state index in [9.17, 15) is 18.5 Å². The fraction of sp³-hybridized carbons (Fsp3) is 0.0667. The van der Waals surface area contributed by atoms with Crippen molar-refractivity contribution in [3.8, 4) is 0 Å². The van der Waals surface area contributed by atoms with Gasteiger partial charge in [-0.1, -0.05) is 29.8 Å². The van der Waals surface area contributed by atoms with Crippen molar-refractivity contribution in [3.05, 3.63) is 63.3 Å². The Hall–Kier alpha value is -2.78. The summed E-state index contributed by atoms with van der Waals surface area (Å²) in [7, 11) is -4.13. The van der Waals surface area contributed by atoms with Gasteiger partial charge in [0, 0.05) is 12.1 Å². The molecule has 0 bridgehead atoms. The van der Waals surface area contributed by atoms with E-state index in [1.165, 1.54) is 19.1 Å². The largest absolute Gasteiger partial charge is 0.270 e. The average Bonchev–Trinajstić information content (AvgIpc) is 2.55. The van der Waals surface area contributed by atoms with Gasteiger partial charge in [-0.25, -0.2) is 18.4 Å². The Morgan fingerprint density at radius 3 is 2.40 bits per heavy atom. The lowest BCUT2D eigenvalue weighted by molar-refractivity contribution is -0.385. The maximum absolute atomic E-state index is 12.6. The van der Waals surface area contributed by atoms with E-state index in [0.717, 1.165) is 6.07 Å². The van der Waals surface area contributed by atoms with Crippen molar-refractivity contribution in [2.75, 3.05) is 4.72 Å². The molecule has 25 heavy (non-hydrogen) atoms. The number of nitro groups is 1. The molecule has 0 radical (unpaired) electrons. The number of hydrogen-bond donors (Lipinski definition) is 1. The van der Waals surface area contributed by atoms with Gasteiger partial charge in [0.25, 0.3) is 15.7 Å². The molecule has 0 aliphatic carbocycles. The molecule has 1 heterocycles. The summed E-state index contributed by atoms with van der Waals surface area (Å²) in [4.78, 5) is 18.2. The Morgan fingerprint density at radius 2 is 1.76 bits per heavy atom. The lowest BCUT2D eigenvalue weighted by Crippen LogP contribution is -2.16. The molecule has 0 amide bonds. The maximum atomic E-state index is 12.6. The molecule has 3 aromatic rings. The standard InChI is InChI=1S/C15H11ClN4O4S/c1-9-6-7-10(20(21)22)8-13(9)25(23,24)19-15-14(16)17-11-4-2-3-5-12(11)18-15/h2-8H,1H3,(H,18,19). The predicted octanol–water partition coefficient (Wildman–Crippen LogP) is 3.30. The number of halogens is 1. The Morgan fingerprint density at radius 1 is 1.12 bits per heavy atom. The number of nitrogens with zero attached hydrogens (tertiary/aromatic N) is 3. The van der Waals surface area contributed by atoms with E-state index in [2.05, 4.69) is 14.7 Å². The zero-order chi connectivity index (χ0) is 18.2. The molecule has 0 saturated carbocycles. The quantitative estimate of drug-likeness (QED) is 0.550. The Labute approximate surface area is 147 Å². The highest BCUT2D eigenvalue weighted by atomic mass is 35.5. The summed E-state index contributed by atoms with van der Waals surface area (Å²) < 4.78 is 27.5. The summed E-state index contributed by atoms with van der Waals surface area (Å²) >= 11 is 6.01. The van der Waals surface area contributed by atoms with E-state index < -0.39 is 14.9 Å². The second-order valence-electron chi connectivity index (χ2n) is 5.16. The molecule has 3 rings (SSSR count). The molecule has 0 atom stereocenters. The van der Waals surface area contributed by atoms with E-state index in [-0.39, 0.29) is 21.6 Å². The van der Waals surface area contributed by atoms with Crippen LogP contribution < -0.4 is 4.72 Å². The smallest absolute Gasteiger partial charge is 0.261 e. The van der Waals surface area contributed by atoms with Crippen molar-refractivity contribution >= 4 is 44.2 Å². The number of rotatable bonds is 4. The van der Waals surface area contributed by atoms with Crippen molar-refractivity contribution in [1.29, 1.82) is 0 Å². The van der Waals surface area contributed by atoms with Gasteiger partial charge in [-0.3, -0.25) is 14.8 Å². The van der Waals surface area contributed by atoms with E-state index in [1.807, 2.05) is 0 Å². The van der Waals surface area contributed by atoms with Gasteiger partial charge in [-0.2, -0.15) is 0 Å². The van der Waals surface area contributed by atoms with Gasteiger partial charge in [0.05, 0.1) is 20.9 Å². The molecule has 2 aromatic carbocycles. The van der Waals surface area contributed by atoms with Crippen molar-refractivity contribution < 1.29 is 13.3 Å². The van der Waals surface area contributed by atoms with Crippen molar-refractivity contribution in [3.63, 3.8) is 0 Å². The van der Waals surface area contributed by atoms with Gasteiger partial charge < -0.3 is 0 Å². The molecule has 0 unspecified atom stereocenters. The minimum absolute atomic E-state index is 0.120. The van der Waals surface area contributed by atoms with Crippen LogP contribution in [-0.2, 0) is 10.0 Å². The number of aryl methyl sites for hydroxylation is 1. The molecule has 10 heteroatoms. The van der Waals surface area contributed by atoms with E-state index >= 15 is 0 Å². The van der Waals surface area contributed by atoms with Crippen molar-refractivity contribution in [1.82, 2.24) is 9.97 Å². The molecule has 0 saturated heterocycles. The number of non-ortho nitro benzene ring substituents is 1. The molecule has 0 aliphatic rings. The number of aromatic nitrogens is 2. The number of benzene rings is 2. The Balaban J connectivity index is 2.07. The van der Waals surface area contributed by atoms with Gasteiger partial charge in [0.15, 0.2) is 11.0 Å². The van der Waals surface area contributed by atoms with Gasteiger partial charge in [-0.05, 0) is 24.6 Å². The molecule has 128 valence electrons. The molecule has 8 nitrogen and oxygen atoms in total. The Bertz CT molecular complexity index is 1100. The summed E-state index contributed by atoms with van der Waals surface area (Å²) in [6.07, 6.45) is 0.